The number of carbonyl (C=O) groups is 3. The first-order chi connectivity index (χ1) is 11.9. The molecule has 1 aliphatic rings. The Morgan fingerprint density at radius 3 is 2.52 bits per heavy atom. The van der Waals surface area contributed by atoms with Crippen LogP contribution in [0.1, 0.15) is 38.7 Å². The molecule has 1 saturated heterocycles. The van der Waals surface area contributed by atoms with E-state index in [0.717, 1.165) is 5.56 Å². The maximum Gasteiger partial charge on any atom is 0.320 e. The van der Waals surface area contributed by atoms with Gasteiger partial charge in [0.1, 0.15) is 5.41 Å². The number of carboxylic acids is 1. The van der Waals surface area contributed by atoms with E-state index in [0.29, 0.717) is 19.5 Å². The third-order valence-corrected chi connectivity index (χ3v) is 4.78. The number of hydrogen-bond acceptors (Lipinski definition) is 5. The molecule has 1 heterocycles. The molecule has 25 heavy (non-hydrogen) atoms. The Labute approximate surface area is 147 Å². The number of piperidine rings is 1. The number of benzene rings is 1. The molecule has 6 heteroatoms. The van der Waals surface area contributed by atoms with Crippen LogP contribution in [-0.2, 0) is 25.7 Å². The van der Waals surface area contributed by atoms with Gasteiger partial charge in [0, 0.05) is 13.1 Å². The number of ketones is 1. The number of carbonyl (C=O) groups excluding carboxylic acids is 2. The van der Waals surface area contributed by atoms with Crippen molar-refractivity contribution in [1.29, 1.82) is 0 Å². The lowest BCUT2D eigenvalue weighted by molar-refractivity contribution is -0.171. The van der Waals surface area contributed by atoms with E-state index in [9.17, 15) is 19.5 Å². The smallest absolute Gasteiger partial charge is 0.320 e. The lowest BCUT2D eigenvalue weighted by atomic mass is 9.71. The van der Waals surface area contributed by atoms with Crippen molar-refractivity contribution in [2.24, 2.45) is 5.41 Å². The van der Waals surface area contributed by atoms with Crippen molar-refractivity contribution in [2.75, 3.05) is 13.2 Å². The molecule has 0 aromatic heterocycles. The van der Waals surface area contributed by atoms with E-state index >= 15 is 0 Å². The zero-order chi connectivity index (χ0) is 18.4. The molecule has 2 atom stereocenters. The fraction of sp³-hybridized carbons (Fsp3) is 0.526. The summed E-state index contributed by atoms with van der Waals surface area (Å²) in [6.45, 7) is 4.72. The Morgan fingerprint density at radius 2 is 1.96 bits per heavy atom. The minimum Gasteiger partial charge on any atom is -0.481 e. The summed E-state index contributed by atoms with van der Waals surface area (Å²) in [4.78, 5) is 38.9. The lowest BCUT2D eigenvalue weighted by Gasteiger charge is -2.43. The largest absolute Gasteiger partial charge is 0.481 e. The van der Waals surface area contributed by atoms with Gasteiger partial charge in [-0.05, 0) is 25.3 Å². The summed E-state index contributed by atoms with van der Waals surface area (Å²) >= 11 is 0. The normalized spacial score (nSPS) is 24.1. The highest BCUT2D eigenvalue weighted by Gasteiger charge is 2.54. The highest BCUT2D eigenvalue weighted by Crippen LogP contribution is 2.38. The predicted molar refractivity (Wildman–Crippen MR) is 91.9 cm³/mol. The van der Waals surface area contributed by atoms with Gasteiger partial charge in [-0.3, -0.25) is 19.3 Å². The Morgan fingerprint density at radius 1 is 1.28 bits per heavy atom. The standard InChI is InChI=1S/C19H25NO5/c1-3-15-17(23)19(12-16(21)22,18(24)25-4-2)10-11-20(15)13-14-8-6-5-7-9-14/h5-9,15H,3-4,10-13H2,1-2H3,(H,21,22). The van der Waals surface area contributed by atoms with Gasteiger partial charge in [-0.1, -0.05) is 37.3 Å². The van der Waals surface area contributed by atoms with Crippen molar-refractivity contribution in [1.82, 2.24) is 4.90 Å². The maximum atomic E-state index is 13.1. The number of likely N-dealkylation sites (tertiary alicyclic amines) is 1. The Hall–Kier alpha value is -2.21. The second kappa shape index (κ2) is 8.25. The molecule has 2 rings (SSSR count). The Kier molecular flexibility index (Phi) is 6.31. The number of aliphatic carboxylic acids is 1. The van der Waals surface area contributed by atoms with E-state index in [4.69, 9.17) is 4.74 Å². The molecule has 1 aromatic rings. The van der Waals surface area contributed by atoms with Gasteiger partial charge in [-0.15, -0.1) is 0 Å². The fourth-order valence-corrected chi connectivity index (χ4v) is 3.53. The SMILES string of the molecule is CCOC(=O)C1(CC(=O)O)CCN(Cc2ccccc2)C(CC)C1=O. The van der Waals surface area contributed by atoms with Gasteiger partial charge in [0.2, 0.25) is 0 Å². The highest BCUT2D eigenvalue weighted by atomic mass is 16.5. The first-order valence-corrected chi connectivity index (χ1v) is 8.66. The van der Waals surface area contributed by atoms with Crippen LogP contribution in [0.2, 0.25) is 0 Å². The average molecular weight is 347 g/mol. The first kappa shape index (κ1) is 19.1. The monoisotopic (exact) mass is 347 g/mol. The predicted octanol–water partition coefficient (Wildman–Crippen LogP) is 2.26. The third-order valence-electron chi connectivity index (χ3n) is 4.78. The van der Waals surface area contributed by atoms with Gasteiger partial charge in [-0.2, -0.15) is 0 Å². The minimum absolute atomic E-state index is 0.123. The summed E-state index contributed by atoms with van der Waals surface area (Å²) < 4.78 is 5.06. The van der Waals surface area contributed by atoms with E-state index in [1.165, 1.54) is 0 Å². The van der Waals surface area contributed by atoms with Crippen LogP contribution >= 0.6 is 0 Å². The van der Waals surface area contributed by atoms with Crippen molar-refractivity contribution < 1.29 is 24.2 Å². The third kappa shape index (κ3) is 4.07. The number of nitrogens with zero attached hydrogens (tertiary/aromatic N) is 1. The molecule has 1 aliphatic heterocycles. The summed E-state index contributed by atoms with van der Waals surface area (Å²) in [6.07, 6.45) is 0.174. The Bertz CT molecular complexity index is 630. The van der Waals surface area contributed by atoms with Gasteiger partial charge in [0.15, 0.2) is 5.78 Å². The van der Waals surface area contributed by atoms with Gasteiger partial charge < -0.3 is 9.84 Å². The van der Waals surface area contributed by atoms with Crippen molar-refractivity contribution in [3.05, 3.63) is 35.9 Å². The number of hydrogen-bond donors (Lipinski definition) is 1. The number of rotatable bonds is 7. The Balaban J connectivity index is 2.27. The van der Waals surface area contributed by atoms with Crippen molar-refractivity contribution in [3.8, 4) is 0 Å². The van der Waals surface area contributed by atoms with Crippen LogP contribution in [0, 0.1) is 5.41 Å². The summed E-state index contributed by atoms with van der Waals surface area (Å²) in [7, 11) is 0. The summed E-state index contributed by atoms with van der Waals surface area (Å²) in [5, 5.41) is 9.25. The number of carboxylic acid groups (broad SMARTS) is 1. The van der Waals surface area contributed by atoms with Crippen molar-refractivity contribution >= 4 is 17.7 Å². The molecule has 0 bridgehead atoms. The molecule has 1 fully saturated rings. The molecule has 0 aliphatic carbocycles. The zero-order valence-electron chi connectivity index (χ0n) is 14.7. The minimum atomic E-state index is -1.57. The molecular weight excluding hydrogens is 322 g/mol. The second-order valence-electron chi connectivity index (χ2n) is 6.37. The van der Waals surface area contributed by atoms with E-state index in [1.54, 1.807) is 6.92 Å². The molecular formula is C19H25NO5. The van der Waals surface area contributed by atoms with Crippen LogP contribution in [0.3, 0.4) is 0 Å². The van der Waals surface area contributed by atoms with Crippen LogP contribution in [0.4, 0.5) is 0 Å². The molecule has 2 unspecified atom stereocenters. The first-order valence-electron chi connectivity index (χ1n) is 8.66. The van der Waals surface area contributed by atoms with Gasteiger partial charge >= 0.3 is 11.9 Å². The lowest BCUT2D eigenvalue weighted by Crippen LogP contribution is -2.58. The summed E-state index contributed by atoms with van der Waals surface area (Å²) in [5.41, 5.74) is -0.494. The molecule has 0 spiro atoms. The zero-order valence-corrected chi connectivity index (χ0v) is 14.7. The second-order valence-corrected chi connectivity index (χ2v) is 6.37. The van der Waals surface area contributed by atoms with Crippen LogP contribution < -0.4 is 0 Å². The van der Waals surface area contributed by atoms with Crippen molar-refractivity contribution in [2.45, 2.75) is 45.7 Å². The van der Waals surface area contributed by atoms with Gasteiger partial charge in [0.05, 0.1) is 19.1 Å². The maximum absolute atomic E-state index is 13.1. The quantitative estimate of drug-likeness (QED) is 0.602. The summed E-state index contributed by atoms with van der Waals surface area (Å²) in [6, 6.07) is 9.30. The van der Waals surface area contributed by atoms with Gasteiger partial charge in [0.25, 0.3) is 0 Å². The van der Waals surface area contributed by atoms with Crippen molar-refractivity contribution in [3.63, 3.8) is 0 Å². The van der Waals surface area contributed by atoms with E-state index in [2.05, 4.69) is 0 Å². The summed E-state index contributed by atoms with van der Waals surface area (Å²) in [5.74, 6) is -2.20. The molecule has 1 aromatic carbocycles. The number of ether oxygens (including phenoxy) is 1. The van der Waals surface area contributed by atoms with E-state index in [1.807, 2.05) is 42.2 Å². The van der Waals surface area contributed by atoms with Crippen LogP contribution in [0.25, 0.3) is 0 Å². The number of Topliss-reactive ketones (excluding diaryl/α,β-unsaturated/α-hetero) is 1. The molecule has 0 saturated carbocycles. The fourth-order valence-electron chi connectivity index (χ4n) is 3.53. The van der Waals surface area contributed by atoms with Crippen LogP contribution in [-0.4, -0.2) is 46.9 Å². The molecule has 1 N–H and O–H groups in total. The van der Waals surface area contributed by atoms with Crippen LogP contribution in [0.15, 0.2) is 30.3 Å². The molecule has 6 nitrogen and oxygen atoms in total. The molecule has 136 valence electrons. The van der Waals surface area contributed by atoms with E-state index < -0.39 is 29.8 Å². The topological polar surface area (TPSA) is 83.9 Å². The highest BCUT2D eigenvalue weighted by molar-refractivity contribution is 6.09. The molecule has 0 radical (unpaired) electrons. The average Bonchev–Trinajstić information content (AvgIpc) is 2.58. The van der Waals surface area contributed by atoms with E-state index in [-0.39, 0.29) is 18.8 Å². The number of esters is 1. The van der Waals surface area contributed by atoms with Crippen LogP contribution in [0.5, 0.6) is 0 Å². The van der Waals surface area contributed by atoms with Gasteiger partial charge in [-0.25, -0.2) is 0 Å². The molecule has 0 amide bonds.